The Hall–Kier alpha value is -1.87. The van der Waals surface area contributed by atoms with Gasteiger partial charge in [0.05, 0.1) is 6.04 Å². The zero-order chi connectivity index (χ0) is 18.6. The van der Waals surface area contributed by atoms with Gasteiger partial charge in [-0.2, -0.15) is 0 Å². The van der Waals surface area contributed by atoms with E-state index < -0.39 is 6.04 Å². The van der Waals surface area contributed by atoms with Crippen LogP contribution in [0, 0.1) is 0 Å². The van der Waals surface area contributed by atoms with Crippen LogP contribution in [0.1, 0.15) is 20.3 Å². The second-order valence-corrected chi connectivity index (χ2v) is 7.12. The van der Waals surface area contributed by atoms with Crippen LogP contribution in [0.25, 0.3) is 0 Å². The van der Waals surface area contributed by atoms with E-state index in [4.69, 9.17) is 4.74 Å². The van der Waals surface area contributed by atoms with Gasteiger partial charge >= 0.3 is 6.03 Å². The molecule has 2 rings (SSSR count). The van der Waals surface area contributed by atoms with Crippen molar-refractivity contribution in [3.63, 3.8) is 0 Å². The lowest BCUT2D eigenvalue weighted by Crippen LogP contribution is -2.52. The summed E-state index contributed by atoms with van der Waals surface area (Å²) >= 11 is 0. The fourth-order valence-corrected chi connectivity index (χ4v) is 3.45. The van der Waals surface area contributed by atoms with Gasteiger partial charge in [0.2, 0.25) is 11.8 Å². The van der Waals surface area contributed by atoms with E-state index in [1.54, 1.807) is 4.90 Å². The molecule has 2 aliphatic rings. The fourth-order valence-electron chi connectivity index (χ4n) is 3.45. The second-order valence-electron chi connectivity index (χ2n) is 7.12. The van der Waals surface area contributed by atoms with Gasteiger partial charge in [-0.15, -0.1) is 0 Å². The Kier molecular flexibility index (Phi) is 6.60. The van der Waals surface area contributed by atoms with Crippen molar-refractivity contribution in [2.75, 3.05) is 40.4 Å². The average Bonchev–Trinajstić information content (AvgIpc) is 2.82. The molecular formula is C16H29N5O4. The summed E-state index contributed by atoms with van der Waals surface area (Å²) in [4.78, 5) is 40.3. The molecule has 25 heavy (non-hydrogen) atoms. The maximum atomic E-state index is 12.8. The molecule has 0 aromatic rings. The van der Waals surface area contributed by atoms with Gasteiger partial charge in [-0.3, -0.25) is 9.59 Å². The van der Waals surface area contributed by atoms with Crippen LogP contribution in [0.15, 0.2) is 0 Å². The molecule has 3 atom stereocenters. The number of methoxy groups -OCH3 is 1. The van der Waals surface area contributed by atoms with Crippen LogP contribution >= 0.6 is 0 Å². The number of rotatable bonds is 5. The molecule has 0 radical (unpaired) electrons. The number of urea groups is 1. The number of nitrogens with zero attached hydrogens (tertiary/aromatic N) is 2. The molecule has 3 N–H and O–H groups in total. The van der Waals surface area contributed by atoms with E-state index in [0.29, 0.717) is 26.1 Å². The number of fused-ring (bicyclic) bond motifs is 1. The molecular weight excluding hydrogens is 326 g/mol. The van der Waals surface area contributed by atoms with E-state index in [9.17, 15) is 14.4 Å². The quantitative estimate of drug-likeness (QED) is 0.571. The van der Waals surface area contributed by atoms with E-state index in [0.717, 1.165) is 0 Å². The number of carbonyl (C=O) groups is 3. The van der Waals surface area contributed by atoms with Gasteiger partial charge < -0.3 is 30.5 Å². The first-order chi connectivity index (χ1) is 11.8. The van der Waals surface area contributed by atoms with Crippen LogP contribution in [0.3, 0.4) is 0 Å². The first-order valence-corrected chi connectivity index (χ1v) is 8.64. The lowest BCUT2D eigenvalue weighted by Gasteiger charge is -2.24. The van der Waals surface area contributed by atoms with E-state index in [2.05, 4.69) is 16.0 Å². The van der Waals surface area contributed by atoms with Crippen LogP contribution in [0.2, 0.25) is 0 Å². The summed E-state index contributed by atoms with van der Waals surface area (Å²) in [5, 5.41) is 8.46. The van der Waals surface area contributed by atoms with Crippen molar-refractivity contribution in [3.8, 4) is 0 Å². The molecule has 9 nitrogen and oxygen atoms in total. The van der Waals surface area contributed by atoms with Crippen LogP contribution in [-0.2, 0) is 14.3 Å². The number of carbonyl (C=O) groups excluding carboxylic acids is 3. The monoisotopic (exact) mass is 355 g/mol. The standard InChI is InChI=1S/C16H29N5O4/c1-10(2)17-16(24)18-11-5-12-7-20(3)8-13(15(23)21(12)6-11)19-14(22)9-25-4/h10-13H,5-9H2,1-4H3,(H,19,22)(H2,17,18,24)/t11-,12-,13-/m0/s1. The number of nitrogens with one attached hydrogen (secondary N) is 3. The number of likely N-dealkylation sites (N-methyl/N-ethyl adjacent to an activating group) is 1. The number of hydrogen-bond acceptors (Lipinski definition) is 5. The zero-order valence-electron chi connectivity index (χ0n) is 15.4. The SMILES string of the molecule is COCC(=O)N[C@H]1CN(C)C[C@@H]2C[C@H](NC(=O)NC(C)C)CN2C1=O. The van der Waals surface area contributed by atoms with Gasteiger partial charge in [0.15, 0.2) is 0 Å². The summed E-state index contributed by atoms with van der Waals surface area (Å²) < 4.78 is 4.81. The van der Waals surface area contributed by atoms with Gasteiger partial charge in [0.25, 0.3) is 0 Å². The summed E-state index contributed by atoms with van der Waals surface area (Å²) in [5.41, 5.74) is 0. The smallest absolute Gasteiger partial charge is 0.315 e. The molecule has 9 heteroatoms. The van der Waals surface area contributed by atoms with E-state index >= 15 is 0 Å². The molecule has 0 aromatic carbocycles. The lowest BCUT2D eigenvalue weighted by atomic mass is 10.1. The minimum Gasteiger partial charge on any atom is -0.375 e. The van der Waals surface area contributed by atoms with Gasteiger partial charge in [-0.05, 0) is 27.3 Å². The predicted octanol–water partition coefficient (Wildman–Crippen LogP) is -1.26. The van der Waals surface area contributed by atoms with Crippen LogP contribution < -0.4 is 16.0 Å². The Balaban J connectivity index is 2.00. The summed E-state index contributed by atoms with van der Waals surface area (Å²) in [5.74, 6) is -0.412. The fraction of sp³-hybridized carbons (Fsp3) is 0.812. The zero-order valence-corrected chi connectivity index (χ0v) is 15.4. The highest BCUT2D eigenvalue weighted by molar-refractivity contribution is 5.89. The van der Waals surface area contributed by atoms with Crippen LogP contribution in [-0.4, -0.2) is 92.2 Å². The highest BCUT2D eigenvalue weighted by atomic mass is 16.5. The maximum Gasteiger partial charge on any atom is 0.315 e. The number of ether oxygens (including phenoxy) is 1. The topological polar surface area (TPSA) is 103 Å². The van der Waals surface area contributed by atoms with Crippen LogP contribution in [0.5, 0.6) is 0 Å². The molecule has 2 fully saturated rings. The summed E-state index contributed by atoms with van der Waals surface area (Å²) in [6.07, 6.45) is 0.709. The van der Waals surface area contributed by atoms with Crippen molar-refractivity contribution in [2.24, 2.45) is 0 Å². The second kappa shape index (κ2) is 8.48. The summed E-state index contributed by atoms with van der Waals surface area (Å²) in [7, 11) is 3.37. The molecule has 0 unspecified atom stereocenters. The molecule has 0 bridgehead atoms. The normalized spacial score (nSPS) is 27.0. The minimum absolute atomic E-state index is 0.0335. The van der Waals surface area contributed by atoms with E-state index in [1.807, 2.05) is 25.8 Å². The molecule has 4 amide bonds. The summed E-state index contributed by atoms with van der Waals surface area (Å²) in [6.45, 7) is 5.36. The van der Waals surface area contributed by atoms with Crippen molar-refractivity contribution >= 4 is 17.8 Å². The third-order valence-electron chi connectivity index (χ3n) is 4.38. The van der Waals surface area contributed by atoms with E-state index in [1.165, 1.54) is 7.11 Å². The molecule has 0 aromatic heterocycles. The molecule has 0 saturated carbocycles. The van der Waals surface area contributed by atoms with Crippen molar-refractivity contribution in [2.45, 2.75) is 44.4 Å². The van der Waals surface area contributed by atoms with Crippen LogP contribution in [0.4, 0.5) is 4.79 Å². The van der Waals surface area contributed by atoms with Crippen molar-refractivity contribution in [1.29, 1.82) is 0 Å². The Morgan fingerprint density at radius 1 is 1.24 bits per heavy atom. The highest BCUT2D eigenvalue weighted by Gasteiger charge is 2.42. The third-order valence-corrected chi connectivity index (χ3v) is 4.38. The van der Waals surface area contributed by atoms with E-state index in [-0.39, 0.29) is 42.6 Å². The van der Waals surface area contributed by atoms with Crippen molar-refractivity contribution in [1.82, 2.24) is 25.8 Å². The Morgan fingerprint density at radius 2 is 1.96 bits per heavy atom. The average molecular weight is 355 g/mol. The number of hydrogen-bond donors (Lipinski definition) is 3. The molecule has 2 heterocycles. The Morgan fingerprint density at radius 3 is 2.60 bits per heavy atom. The Labute approximate surface area is 148 Å². The lowest BCUT2D eigenvalue weighted by molar-refractivity contribution is -0.137. The third kappa shape index (κ3) is 5.30. The molecule has 2 aliphatic heterocycles. The first-order valence-electron chi connectivity index (χ1n) is 8.64. The van der Waals surface area contributed by atoms with Gasteiger partial charge in [-0.1, -0.05) is 0 Å². The molecule has 142 valence electrons. The summed E-state index contributed by atoms with van der Waals surface area (Å²) in [6, 6.07) is -0.815. The maximum absolute atomic E-state index is 12.8. The molecule has 0 spiro atoms. The predicted molar refractivity (Wildman–Crippen MR) is 92.0 cm³/mol. The largest absolute Gasteiger partial charge is 0.375 e. The molecule has 0 aliphatic carbocycles. The molecule has 2 saturated heterocycles. The Bertz CT molecular complexity index is 513. The van der Waals surface area contributed by atoms with Crippen molar-refractivity contribution < 1.29 is 19.1 Å². The van der Waals surface area contributed by atoms with Gasteiger partial charge in [0, 0.05) is 38.8 Å². The first kappa shape index (κ1) is 19.5. The van der Waals surface area contributed by atoms with Gasteiger partial charge in [0.1, 0.15) is 12.6 Å². The highest BCUT2D eigenvalue weighted by Crippen LogP contribution is 2.22. The van der Waals surface area contributed by atoms with Gasteiger partial charge in [-0.25, -0.2) is 4.79 Å². The minimum atomic E-state index is -0.596. The van der Waals surface area contributed by atoms with Crippen molar-refractivity contribution in [3.05, 3.63) is 0 Å². The number of amides is 4.